The minimum Gasteiger partial charge on any atom is -0.456 e. The summed E-state index contributed by atoms with van der Waals surface area (Å²) in [5.74, 6) is 2.60. The average Bonchev–Trinajstić information content (AvgIpc) is 3.45. The molecule has 3 unspecified atom stereocenters. The lowest BCUT2D eigenvalue weighted by atomic mass is 9.80. The zero-order valence-electron chi connectivity index (χ0n) is 26.6. The van der Waals surface area contributed by atoms with Gasteiger partial charge in [0.1, 0.15) is 11.3 Å². The van der Waals surface area contributed by atoms with Crippen molar-refractivity contribution in [1.82, 2.24) is 5.32 Å². The van der Waals surface area contributed by atoms with Crippen molar-refractivity contribution >= 4 is 44.1 Å². The molecule has 0 spiro atoms. The Bertz CT molecular complexity index is 1900. The Hall–Kier alpha value is -4.66. The summed E-state index contributed by atoms with van der Waals surface area (Å²) in [6.45, 7) is 8.52. The van der Waals surface area contributed by atoms with Crippen LogP contribution in [-0.4, -0.2) is 38.7 Å². The van der Waals surface area contributed by atoms with E-state index in [1.807, 2.05) is 85.8 Å². The molecule has 0 aliphatic heterocycles. The van der Waals surface area contributed by atoms with Crippen LogP contribution in [0.15, 0.2) is 108 Å². The first-order valence-corrected chi connectivity index (χ1v) is 17.1. The molecule has 7 nitrogen and oxygen atoms in total. The maximum atomic E-state index is 14.0. The third kappa shape index (κ3) is 7.94. The summed E-state index contributed by atoms with van der Waals surface area (Å²) in [6.07, 6.45) is 0. The first kappa shape index (κ1) is 32.7. The van der Waals surface area contributed by atoms with Crippen molar-refractivity contribution in [2.45, 2.75) is 44.9 Å². The van der Waals surface area contributed by atoms with Gasteiger partial charge in [-0.1, -0.05) is 82.3 Å². The van der Waals surface area contributed by atoms with Crippen molar-refractivity contribution in [2.75, 3.05) is 17.6 Å². The van der Waals surface area contributed by atoms with Crippen molar-refractivity contribution in [3.8, 4) is 11.3 Å². The summed E-state index contributed by atoms with van der Waals surface area (Å²) in [5.41, 5.74) is 5.77. The van der Waals surface area contributed by atoms with E-state index in [4.69, 9.17) is 4.42 Å². The zero-order chi connectivity index (χ0) is 33.1. The molecule has 0 bridgehead atoms. The van der Waals surface area contributed by atoms with E-state index in [9.17, 15) is 18.4 Å². The number of nitrogens with one attached hydrogen (secondary N) is 2. The lowest BCUT2D eigenvalue weighted by molar-refractivity contribution is -0.118. The van der Waals surface area contributed by atoms with Crippen molar-refractivity contribution in [3.63, 3.8) is 0 Å². The van der Waals surface area contributed by atoms with Crippen LogP contribution in [0.3, 0.4) is 0 Å². The standard InChI is InChI=1S/C38H40N2O5S/c1-25(26-10-12-29(13-11-26)36(41)39-22-23-46(5,43)44)35(28-14-18-31(19-15-28)38(2,3)4)37(42)40-32-20-16-27(17-21-32)34-24-30-8-6-7-9-33(30)45-34/h6-21,24-25,35H,5,22-23H2,1-4H3,(H,39,41)(H,40,42)(H,43,44). The van der Waals surface area contributed by atoms with Crippen LogP contribution in [0.5, 0.6) is 0 Å². The Morgan fingerprint density at radius 3 is 2.13 bits per heavy atom. The highest BCUT2D eigenvalue weighted by molar-refractivity contribution is 7.95. The van der Waals surface area contributed by atoms with E-state index in [2.05, 4.69) is 49.4 Å². The summed E-state index contributed by atoms with van der Waals surface area (Å²) in [5, 5.41) is 6.80. The lowest BCUT2D eigenvalue weighted by Crippen LogP contribution is -2.29. The summed E-state index contributed by atoms with van der Waals surface area (Å²) in [7, 11) is -3.17. The monoisotopic (exact) mass is 636 g/mol. The SMILES string of the molecule is C=S(=O)(O)CCNC(=O)c1ccc(C(C)C(C(=O)Nc2ccc(-c3cc4ccccc4o3)cc2)c2ccc(C(C)(C)C)cc2)cc1. The van der Waals surface area contributed by atoms with E-state index >= 15 is 0 Å². The van der Waals surface area contributed by atoms with E-state index < -0.39 is 15.7 Å². The maximum absolute atomic E-state index is 14.0. The number of carbonyl (C=O) groups excluding carboxylic acids is 2. The molecule has 0 radical (unpaired) electrons. The number of furan rings is 1. The van der Waals surface area contributed by atoms with Gasteiger partial charge in [0.2, 0.25) is 5.91 Å². The van der Waals surface area contributed by atoms with Crippen molar-refractivity contribution < 1.29 is 22.8 Å². The van der Waals surface area contributed by atoms with E-state index in [1.54, 1.807) is 12.1 Å². The summed E-state index contributed by atoms with van der Waals surface area (Å²) in [4.78, 5) is 26.6. The molecule has 8 heteroatoms. The molecule has 0 aliphatic carbocycles. The van der Waals surface area contributed by atoms with Crippen LogP contribution in [0.25, 0.3) is 22.3 Å². The molecule has 1 aromatic heterocycles. The Balaban J connectivity index is 1.37. The molecular formula is C38H40N2O5S. The van der Waals surface area contributed by atoms with Crippen LogP contribution in [0.1, 0.15) is 66.6 Å². The number of fused-ring (bicyclic) bond motifs is 1. The first-order chi connectivity index (χ1) is 21.8. The fourth-order valence-corrected chi connectivity index (χ4v) is 5.90. The smallest absolute Gasteiger partial charge is 0.251 e. The fourth-order valence-electron chi connectivity index (χ4n) is 5.48. The second kappa shape index (κ2) is 13.4. The van der Waals surface area contributed by atoms with Crippen LogP contribution in [-0.2, 0) is 20.0 Å². The van der Waals surface area contributed by atoms with Gasteiger partial charge in [-0.05, 0) is 82.4 Å². The van der Waals surface area contributed by atoms with Crippen LogP contribution in [0, 0.1) is 0 Å². The topological polar surface area (TPSA) is 109 Å². The molecule has 3 atom stereocenters. The maximum Gasteiger partial charge on any atom is 0.251 e. The molecule has 0 aliphatic rings. The van der Waals surface area contributed by atoms with Gasteiger partial charge in [0.05, 0.1) is 21.5 Å². The number of para-hydroxylation sites is 1. The van der Waals surface area contributed by atoms with Crippen molar-refractivity contribution in [3.05, 3.63) is 125 Å². The summed E-state index contributed by atoms with van der Waals surface area (Å²) < 4.78 is 26.8. The molecule has 4 aromatic carbocycles. The summed E-state index contributed by atoms with van der Waals surface area (Å²) >= 11 is 0. The fraction of sp³-hybridized carbons (Fsp3) is 0.237. The van der Waals surface area contributed by atoms with Gasteiger partial charge in [-0.2, -0.15) is 0 Å². The molecule has 5 aromatic rings. The second-order valence-electron chi connectivity index (χ2n) is 12.7. The Labute approximate surface area is 270 Å². The molecule has 5 rings (SSSR count). The normalized spacial score (nSPS) is 14.3. The second-order valence-corrected chi connectivity index (χ2v) is 14.7. The van der Waals surface area contributed by atoms with Gasteiger partial charge in [-0.15, -0.1) is 0 Å². The predicted molar refractivity (Wildman–Crippen MR) is 188 cm³/mol. The number of carbonyl (C=O) groups is 2. The van der Waals surface area contributed by atoms with Crippen molar-refractivity contribution in [2.24, 2.45) is 0 Å². The van der Waals surface area contributed by atoms with Crippen molar-refractivity contribution in [1.29, 1.82) is 0 Å². The Morgan fingerprint density at radius 2 is 1.52 bits per heavy atom. The number of amides is 2. The number of anilines is 1. The molecule has 0 saturated heterocycles. The van der Waals surface area contributed by atoms with Gasteiger partial charge < -0.3 is 19.6 Å². The van der Waals surface area contributed by atoms with E-state index in [0.29, 0.717) is 11.3 Å². The number of hydrogen-bond donors (Lipinski definition) is 3. The zero-order valence-corrected chi connectivity index (χ0v) is 27.4. The molecule has 2 amide bonds. The molecule has 1 heterocycles. The Morgan fingerprint density at radius 1 is 0.891 bits per heavy atom. The van der Waals surface area contributed by atoms with Gasteiger partial charge >= 0.3 is 0 Å². The Kier molecular flexibility index (Phi) is 9.51. The van der Waals surface area contributed by atoms with Gasteiger partial charge in [0, 0.05) is 28.7 Å². The van der Waals surface area contributed by atoms with Crippen LogP contribution in [0.4, 0.5) is 5.69 Å². The third-order valence-corrected chi connectivity index (χ3v) is 9.03. The average molecular weight is 637 g/mol. The molecule has 238 valence electrons. The minimum absolute atomic E-state index is 0.0266. The quantitative estimate of drug-likeness (QED) is 0.135. The van der Waals surface area contributed by atoms with E-state index in [0.717, 1.165) is 33.4 Å². The van der Waals surface area contributed by atoms with Gasteiger partial charge in [0.25, 0.3) is 5.91 Å². The minimum atomic E-state index is -3.17. The van der Waals surface area contributed by atoms with Crippen LogP contribution in [0.2, 0.25) is 0 Å². The number of rotatable bonds is 10. The van der Waals surface area contributed by atoms with Gasteiger partial charge in [-0.3, -0.25) is 9.59 Å². The molecule has 0 fully saturated rings. The van der Waals surface area contributed by atoms with Gasteiger partial charge in [-0.25, -0.2) is 4.21 Å². The largest absolute Gasteiger partial charge is 0.456 e. The molecule has 46 heavy (non-hydrogen) atoms. The predicted octanol–water partition coefficient (Wildman–Crippen LogP) is 7.84. The van der Waals surface area contributed by atoms with E-state index in [-0.39, 0.29) is 35.4 Å². The number of benzene rings is 4. The highest BCUT2D eigenvalue weighted by Gasteiger charge is 2.29. The molecular weight excluding hydrogens is 596 g/mol. The van der Waals surface area contributed by atoms with Crippen LogP contribution >= 0.6 is 0 Å². The highest BCUT2D eigenvalue weighted by atomic mass is 32.2. The summed E-state index contributed by atoms with van der Waals surface area (Å²) in [6, 6.07) is 32.8. The lowest BCUT2D eigenvalue weighted by Gasteiger charge is -2.26. The third-order valence-electron chi connectivity index (χ3n) is 8.19. The first-order valence-electron chi connectivity index (χ1n) is 15.2. The highest BCUT2D eigenvalue weighted by Crippen LogP contribution is 2.36. The number of hydrogen-bond acceptors (Lipinski definition) is 4. The van der Waals surface area contributed by atoms with Gasteiger partial charge in [0.15, 0.2) is 0 Å². The molecule has 0 saturated carbocycles. The van der Waals surface area contributed by atoms with Crippen LogP contribution < -0.4 is 10.6 Å². The van der Waals surface area contributed by atoms with E-state index in [1.165, 1.54) is 5.56 Å². The molecule has 3 N–H and O–H groups in total.